The number of esters is 1. The average molecular weight is 489 g/mol. The van der Waals surface area contributed by atoms with Crippen LogP contribution in [0.4, 0.5) is 0 Å². The summed E-state index contributed by atoms with van der Waals surface area (Å²) in [5, 5.41) is 10.1. The summed E-state index contributed by atoms with van der Waals surface area (Å²) in [5.41, 5.74) is 8.29. The van der Waals surface area contributed by atoms with Crippen LogP contribution >= 0.6 is 11.6 Å². The molecule has 1 atom stereocenters. The Balaban J connectivity index is 1.59. The molecule has 1 aliphatic heterocycles. The minimum atomic E-state index is -0.585. The third kappa shape index (κ3) is 5.42. The van der Waals surface area contributed by atoms with Crippen molar-refractivity contribution in [1.82, 2.24) is 0 Å². The third-order valence-corrected chi connectivity index (χ3v) is 6.05. The molecule has 35 heavy (non-hydrogen) atoms. The lowest BCUT2D eigenvalue weighted by Gasteiger charge is -2.26. The topological polar surface area (TPSA) is 94.6 Å². The van der Waals surface area contributed by atoms with Crippen LogP contribution in [0.1, 0.15) is 53.6 Å². The Kier molecular flexibility index (Phi) is 7.59. The SMILES string of the molecule is CCCCCOc1ccc(C2C(C#N)=C(N)Oc3cc(OC(=O)c4ccccc4Cl)ccc32)cc1. The van der Waals surface area contributed by atoms with Gasteiger partial charge in [-0.25, -0.2) is 4.79 Å². The van der Waals surface area contributed by atoms with Crippen LogP contribution in [0.2, 0.25) is 5.02 Å². The molecule has 0 saturated heterocycles. The molecule has 0 aliphatic carbocycles. The van der Waals surface area contributed by atoms with Crippen molar-refractivity contribution < 1.29 is 19.0 Å². The number of halogens is 1. The van der Waals surface area contributed by atoms with Crippen LogP contribution in [0.3, 0.4) is 0 Å². The Morgan fingerprint density at radius 1 is 1.09 bits per heavy atom. The number of unbranched alkanes of at least 4 members (excludes halogenated alkanes) is 2. The van der Waals surface area contributed by atoms with E-state index in [0.717, 1.165) is 36.1 Å². The van der Waals surface area contributed by atoms with Gasteiger partial charge in [-0.05, 0) is 42.3 Å². The average Bonchev–Trinajstić information content (AvgIpc) is 2.86. The summed E-state index contributed by atoms with van der Waals surface area (Å²) in [6.45, 7) is 2.82. The van der Waals surface area contributed by atoms with E-state index < -0.39 is 11.9 Å². The summed E-state index contributed by atoms with van der Waals surface area (Å²) in [6.07, 6.45) is 3.27. The Morgan fingerprint density at radius 2 is 1.83 bits per heavy atom. The second-order valence-electron chi connectivity index (χ2n) is 8.12. The van der Waals surface area contributed by atoms with Gasteiger partial charge >= 0.3 is 5.97 Å². The smallest absolute Gasteiger partial charge is 0.345 e. The Bertz CT molecular complexity index is 1300. The van der Waals surface area contributed by atoms with E-state index >= 15 is 0 Å². The molecule has 4 rings (SSSR count). The number of nitrogens with two attached hydrogens (primary N) is 1. The van der Waals surface area contributed by atoms with E-state index in [9.17, 15) is 10.1 Å². The first-order chi connectivity index (χ1) is 17.0. The van der Waals surface area contributed by atoms with Crippen LogP contribution in [-0.2, 0) is 0 Å². The van der Waals surface area contributed by atoms with Crippen molar-refractivity contribution in [3.63, 3.8) is 0 Å². The molecule has 0 fully saturated rings. The lowest BCUT2D eigenvalue weighted by molar-refractivity contribution is 0.0734. The quantitative estimate of drug-likeness (QED) is 0.225. The molecular weight excluding hydrogens is 464 g/mol. The minimum Gasteiger partial charge on any atom is -0.494 e. The lowest BCUT2D eigenvalue weighted by Crippen LogP contribution is -2.21. The number of nitrogens with zero attached hydrogens (tertiary/aromatic N) is 1. The van der Waals surface area contributed by atoms with Gasteiger partial charge in [-0.1, -0.05) is 61.7 Å². The van der Waals surface area contributed by atoms with Crippen molar-refractivity contribution in [3.05, 3.63) is 99.9 Å². The van der Waals surface area contributed by atoms with Crippen LogP contribution in [0.15, 0.2) is 78.2 Å². The maximum absolute atomic E-state index is 12.6. The standard InChI is InChI=1S/C28H25ClN2O4/c1-2-3-6-15-33-19-11-9-18(10-12-19)26-22-14-13-20(16-25(22)35-27(31)23(26)17-30)34-28(32)21-7-4-5-8-24(21)29/h4-5,7-14,16,26H,2-3,6,15,31H2,1H3. The summed E-state index contributed by atoms with van der Waals surface area (Å²) in [5.74, 6) is 0.464. The monoisotopic (exact) mass is 488 g/mol. The number of rotatable bonds is 8. The number of carbonyl (C=O) groups excluding carboxylic acids is 1. The maximum Gasteiger partial charge on any atom is 0.345 e. The molecule has 0 aromatic heterocycles. The van der Waals surface area contributed by atoms with Gasteiger partial charge in [0.05, 0.1) is 23.1 Å². The molecule has 2 N–H and O–H groups in total. The van der Waals surface area contributed by atoms with E-state index in [-0.39, 0.29) is 17.2 Å². The summed E-state index contributed by atoms with van der Waals surface area (Å²) in [7, 11) is 0. The highest BCUT2D eigenvalue weighted by molar-refractivity contribution is 6.33. The number of ether oxygens (including phenoxy) is 3. The molecule has 3 aromatic rings. The number of hydrogen-bond donors (Lipinski definition) is 1. The molecule has 7 heteroatoms. The van der Waals surface area contributed by atoms with Crippen molar-refractivity contribution in [2.45, 2.75) is 32.1 Å². The summed E-state index contributed by atoms with van der Waals surface area (Å²) in [4.78, 5) is 12.6. The molecular formula is C28H25ClN2O4. The van der Waals surface area contributed by atoms with Gasteiger partial charge < -0.3 is 19.9 Å². The van der Waals surface area contributed by atoms with Gasteiger partial charge in [0.2, 0.25) is 5.88 Å². The first-order valence-corrected chi connectivity index (χ1v) is 11.8. The van der Waals surface area contributed by atoms with Gasteiger partial charge in [-0.3, -0.25) is 0 Å². The largest absolute Gasteiger partial charge is 0.494 e. The summed E-state index contributed by atoms with van der Waals surface area (Å²) in [6, 6.07) is 21.5. The highest BCUT2D eigenvalue weighted by atomic mass is 35.5. The fraction of sp³-hybridized carbons (Fsp3) is 0.214. The van der Waals surface area contributed by atoms with E-state index in [1.54, 1.807) is 42.5 Å². The molecule has 0 amide bonds. The second kappa shape index (κ2) is 11.0. The zero-order valence-electron chi connectivity index (χ0n) is 19.3. The molecule has 0 radical (unpaired) electrons. The number of fused-ring (bicyclic) bond motifs is 1. The van der Waals surface area contributed by atoms with Gasteiger partial charge in [0.15, 0.2) is 0 Å². The van der Waals surface area contributed by atoms with Crippen molar-refractivity contribution in [2.24, 2.45) is 5.73 Å². The van der Waals surface area contributed by atoms with Gasteiger partial charge in [-0.15, -0.1) is 0 Å². The normalized spacial score (nSPS) is 14.5. The van der Waals surface area contributed by atoms with Crippen LogP contribution in [0, 0.1) is 11.3 Å². The van der Waals surface area contributed by atoms with E-state index in [2.05, 4.69) is 13.0 Å². The molecule has 3 aromatic carbocycles. The fourth-order valence-corrected chi connectivity index (χ4v) is 4.14. The predicted octanol–water partition coefficient (Wildman–Crippen LogP) is 6.35. The van der Waals surface area contributed by atoms with E-state index in [0.29, 0.717) is 23.0 Å². The zero-order chi connectivity index (χ0) is 24.8. The van der Waals surface area contributed by atoms with E-state index in [1.807, 2.05) is 24.3 Å². The second-order valence-corrected chi connectivity index (χ2v) is 8.53. The van der Waals surface area contributed by atoms with Crippen LogP contribution in [0.25, 0.3) is 0 Å². The van der Waals surface area contributed by atoms with Crippen LogP contribution in [0.5, 0.6) is 17.2 Å². The van der Waals surface area contributed by atoms with Gasteiger partial charge in [0, 0.05) is 11.6 Å². The first kappa shape index (κ1) is 24.2. The van der Waals surface area contributed by atoms with Crippen LogP contribution in [-0.4, -0.2) is 12.6 Å². The van der Waals surface area contributed by atoms with Gasteiger partial charge in [0.1, 0.15) is 28.9 Å². The minimum absolute atomic E-state index is 0.0134. The van der Waals surface area contributed by atoms with Gasteiger partial charge in [-0.2, -0.15) is 5.26 Å². The highest BCUT2D eigenvalue weighted by Crippen LogP contribution is 2.43. The molecule has 0 saturated carbocycles. The fourth-order valence-electron chi connectivity index (χ4n) is 3.93. The lowest BCUT2D eigenvalue weighted by atomic mass is 9.83. The van der Waals surface area contributed by atoms with Crippen molar-refractivity contribution in [3.8, 4) is 23.3 Å². The third-order valence-electron chi connectivity index (χ3n) is 5.72. The number of nitriles is 1. The van der Waals surface area contributed by atoms with Crippen LogP contribution < -0.4 is 19.9 Å². The molecule has 1 unspecified atom stereocenters. The number of allylic oxidation sites excluding steroid dienone is 1. The summed E-state index contributed by atoms with van der Waals surface area (Å²) < 4.78 is 17.0. The molecule has 0 spiro atoms. The molecule has 6 nitrogen and oxygen atoms in total. The molecule has 0 bridgehead atoms. The first-order valence-electron chi connectivity index (χ1n) is 11.4. The predicted molar refractivity (Wildman–Crippen MR) is 134 cm³/mol. The zero-order valence-corrected chi connectivity index (χ0v) is 20.0. The Morgan fingerprint density at radius 3 is 2.54 bits per heavy atom. The van der Waals surface area contributed by atoms with Crippen molar-refractivity contribution in [1.29, 1.82) is 5.26 Å². The summed E-state index contributed by atoms with van der Waals surface area (Å²) >= 11 is 6.10. The van der Waals surface area contributed by atoms with E-state index in [4.69, 9.17) is 31.5 Å². The number of benzene rings is 3. The highest BCUT2D eigenvalue weighted by Gasteiger charge is 2.31. The van der Waals surface area contributed by atoms with Crippen molar-refractivity contribution in [2.75, 3.05) is 6.61 Å². The Hall–Kier alpha value is -3.95. The van der Waals surface area contributed by atoms with Crippen molar-refractivity contribution >= 4 is 17.6 Å². The molecule has 1 heterocycles. The Labute approximate surface area is 209 Å². The maximum atomic E-state index is 12.6. The molecule has 178 valence electrons. The van der Waals surface area contributed by atoms with E-state index in [1.165, 1.54) is 0 Å². The van der Waals surface area contributed by atoms with Gasteiger partial charge in [0.25, 0.3) is 0 Å². The number of hydrogen-bond acceptors (Lipinski definition) is 6. The molecule has 1 aliphatic rings. The number of carbonyl (C=O) groups is 1.